The number of carbonyl (C=O) groups excluding carboxylic acids is 4. The van der Waals surface area contributed by atoms with E-state index in [4.69, 9.17) is 13.7 Å². The van der Waals surface area contributed by atoms with Crippen molar-refractivity contribution in [2.45, 2.75) is 115 Å². The van der Waals surface area contributed by atoms with Crippen LogP contribution in [0.2, 0.25) is 0 Å². The van der Waals surface area contributed by atoms with Crippen molar-refractivity contribution in [2.24, 2.45) is 5.92 Å². The van der Waals surface area contributed by atoms with Crippen LogP contribution in [0.1, 0.15) is 88.0 Å². The number of rotatable bonds is 22. The molecule has 3 atom stereocenters. The molecule has 1 aliphatic rings. The largest absolute Gasteiger partial charge is 0.489 e. The van der Waals surface area contributed by atoms with Crippen molar-refractivity contribution in [3.05, 3.63) is 131 Å². The number of nitrogens with one attached hydrogen (secondary N) is 1. The Hall–Kier alpha value is -5.40. The molecule has 0 spiro atoms. The zero-order chi connectivity index (χ0) is 44.0. The van der Waals surface area contributed by atoms with Gasteiger partial charge in [-0.2, -0.15) is 8.42 Å². The van der Waals surface area contributed by atoms with Crippen LogP contribution < -0.4 is 10.1 Å². The number of esters is 1. The molecule has 326 valence electrons. The molecule has 1 aliphatic heterocycles. The number of ketones is 1. The number of ether oxygens (including phenoxy) is 2. The first-order valence-electron chi connectivity index (χ1n) is 20.9. The molecule has 0 unspecified atom stereocenters. The normalized spacial score (nSPS) is 14.6. The molecular formula is C48H57FN2O9S. The van der Waals surface area contributed by atoms with Crippen LogP contribution >= 0.6 is 0 Å². The highest BCUT2D eigenvalue weighted by molar-refractivity contribution is 7.86. The van der Waals surface area contributed by atoms with Gasteiger partial charge in [0.1, 0.15) is 29.8 Å². The van der Waals surface area contributed by atoms with E-state index in [9.17, 15) is 32.0 Å². The van der Waals surface area contributed by atoms with Gasteiger partial charge in [0.25, 0.3) is 10.1 Å². The topological polar surface area (TPSA) is 145 Å². The predicted octanol–water partition coefficient (Wildman–Crippen LogP) is 7.86. The van der Waals surface area contributed by atoms with Crippen molar-refractivity contribution < 1.29 is 45.6 Å². The van der Waals surface area contributed by atoms with E-state index in [-0.39, 0.29) is 55.3 Å². The standard InChI is InChI=1S/C48H57FN2O9S/c1-34-18-26-41(27-19-34)61(56,57)59-29-9-8-16-42(47(55)60-48(2,3)4)50-46(54)38(23-20-35-21-24-39(49)25-22-35)32-44(52)43(51-28-11-17-45(51)53)31-37-14-10-15-40(30-37)58-33-36-12-6-5-7-13-36/h5-7,10,12-15,18-19,21-22,24-27,30,38,42-43H,8-9,11,16-17,20,23,28-29,31-33H2,1-4H3,(H,50,54)/t38-,42+,43+/m1/s1. The number of halogens is 1. The molecule has 1 saturated heterocycles. The maximum Gasteiger partial charge on any atom is 0.329 e. The fourth-order valence-corrected chi connectivity index (χ4v) is 8.07. The highest BCUT2D eigenvalue weighted by Crippen LogP contribution is 2.25. The number of nitrogens with zero attached hydrogens (tertiary/aromatic N) is 1. The average Bonchev–Trinajstić information content (AvgIpc) is 3.65. The summed E-state index contributed by atoms with van der Waals surface area (Å²) in [5, 5.41) is 2.85. The molecule has 4 aromatic rings. The minimum atomic E-state index is -3.99. The number of aryl methyl sites for hydroxylation is 2. The van der Waals surface area contributed by atoms with Crippen molar-refractivity contribution in [3.63, 3.8) is 0 Å². The number of carbonyl (C=O) groups is 4. The Kier molecular flexibility index (Phi) is 16.8. The van der Waals surface area contributed by atoms with Gasteiger partial charge < -0.3 is 19.7 Å². The fourth-order valence-electron chi connectivity index (χ4n) is 7.12. The molecule has 2 amide bonds. The second-order valence-corrected chi connectivity index (χ2v) is 18.2. The van der Waals surface area contributed by atoms with E-state index in [0.717, 1.165) is 22.3 Å². The maximum absolute atomic E-state index is 14.5. The van der Waals surface area contributed by atoms with Gasteiger partial charge in [-0.3, -0.25) is 18.6 Å². The van der Waals surface area contributed by atoms with E-state index in [1.54, 1.807) is 49.9 Å². The molecule has 0 bridgehead atoms. The van der Waals surface area contributed by atoms with E-state index in [1.165, 1.54) is 24.3 Å². The smallest absolute Gasteiger partial charge is 0.329 e. The van der Waals surface area contributed by atoms with E-state index in [1.807, 2.05) is 61.5 Å². The molecule has 0 saturated carbocycles. The van der Waals surface area contributed by atoms with Crippen LogP contribution in [0.25, 0.3) is 0 Å². The summed E-state index contributed by atoms with van der Waals surface area (Å²) in [5.74, 6) is -2.37. The van der Waals surface area contributed by atoms with Crippen LogP contribution in [0.5, 0.6) is 5.75 Å². The average molecular weight is 857 g/mol. The van der Waals surface area contributed by atoms with Gasteiger partial charge in [0.05, 0.1) is 17.5 Å². The van der Waals surface area contributed by atoms with Gasteiger partial charge in [0.2, 0.25) is 11.8 Å². The molecule has 13 heteroatoms. The monoisotopic (exact) mass is 856 g/mol. The maximum atomic E-state index is 14.5. The quantitative estimate of drug-likeness (QED) is 0.0475. The molecule has 0 aromatic heterocycles. The number of hydrogen-bond acceptors (Lipinski definition) is 9. The zero-order valence-electron chi connectivity index (χ0n) is 35.4. The predicted molar refractivity (Wildman–Crippen MR) is 229 cm³/mol. The first-order chi connectivity index (χ1) is 29.1. The summed E-state index contributed by atoms with van der Waals surface area (Å²) in [6.07, 6.45) is 2.12. The third-order valence-electron chi connectivity index (χ3n) is 10.4. The Balaban J connectivity index is 1.32. The minimum absolute atomic E-state index is 0.0379. The summed E-state index contributed by atoms with van der Waals surface area (Å²) in [6, 6.07) is 27.4. The highest BCUT2D eigenvalue weighted by atomic mass is 32.2. The second kappa shape index (κ2) is 21.9. The molecular weight excluding hydrogens is 800 g/mol. The van der Waals surface area contributed by atoms with Crippen molar-refractivity contribution in [1.82, 2.24) is 10.2 Å². The van der Waals surface area contributed by atoms with Crippen LogP contribution in [0, 0.1) is 18.7 Å². The Morgan fingerprint density at radius 2 is 1.56 bits per heavy atom. The molecule has 1 heterocycles. The lowest BCUT2D eigenvalue weighted by Crippen LogP contribution is -2.48. The molecule has 11 nitrogen and oxygen atoms in total. The van der Waals surface area contributed by atoms with Crippen LogP contribution in [0.3, 0.4) is 0 Å². The van der Waals surface area contributed by atoms with Crippen molar-refractivity contribution in [3.8, 4) is 5.75 Å². The molecule has 1 N–H and O–H groups in total. The van der Waals surface area contributed by atoms with Crippen molar-refractivity contribution >= 4 is 33.7 Å². The highest BCUT2D eigenvalue weighted by Gasteiger charge is 2.36. The van der Waals surface area contributed by atoms with Gasteiger partial charge in [0, 0.05) is 31.7 Å². The van der Waals surface area contributed by atoms with E-state index < -0.39 is 51.4 Å². The molecule has 61 heavy (non-hydrogen) atoms. The Morgan fingerprint density at radius 1 is 0.852 bits per heavy atom. The summed E-state index contributed by atoms with van der Waals surface area (Å²) >= 11 is 0. The van der Waals surface area contributed by atoms with Gasteiger partial charge in [-0.05, 0) is 119 Å². The Labute approximate surface area is 359 Å². The van der Waals surface area contributed by atoms with Gasteiger partial charge in [0.15, 0.2) is 5.78 Å². The summed E-state index contributed by atoms with van der Waals surface area (Å²) < 4.78 is 56.2. The molecule has 0 aliphatic carbocycles. The summed E-state index contributed by atoms with van der Waals surface area (Å²) in [7, 11) is -3.99. The van der Waals surface area contributed by atoms with Crippen LogP contribution in [-0.2, 0) is 57.7 Å². The summed E-state index contributed by atoms with van der Waals surface area (Å²) in [4.78, 5) is 57.1. The summed E-state index contributed by atoms with van der Waals surface area (Å²) in [6.45, 7) is 7.60. The van der Waals surface area contributed by atoms with Crippen LogP contribution in [-0.4, -0.2) is 67.7 Å². The van der Waals surface area contributed by atoms with Crippen molar-refractivity contribution in [2.75, 3.05) is 13.2 Å². The number of hydrogen-bond donors (Lipinski definition) is 1. The molecule has 4 aromatic carbocycles. The third kappa shape index (κ3) is 14.9. The van der Waals surface area contributed by atoms with Gasteiger partial charge in [-0.15, -0.1) is 0 Å². The third-order valence-corrected chi connectivity index (χ3v) is 11.7. The first-order valence-corrected chi connectivity index (χ1v) is 22.3. The Morgan fingerprint density at radius 3 is 2.23 bits per heavy atom. The fraction of sp³-hybridized carbons (Fsp3) is 0.417. The summed E-state index contributed by atoms with van der Waals surface area (Å²) in [5.41, 5.74) is 2.58. The number of Topliss-reactive ketones (excluding diaryl/α,β-unsaturated/α-hetero) is 1. The molecule has 5 rings (SSSR count). The number of unbranched alkanes of at least 4 members (excludes halogenated alkanes) is 1. The second-order valence-electron chi connectivity index (χ2n) is 16.5. The van der Waals surface area contributed by atoms with E-state index in [2.05, 4.69) is 5.32 Å². The molecule has 0 radical (unpaired) electrons. The molecule has 1 fully saturated rings. The van der Waals surface area contributed by atoms with Gasteiger partial charge in [-0.25, -0.2) is 9.18 Å². The van der Waals surface area contributed by atoms with Crippen LogP contribution in [0.15, 0.2) is 108 Å². The zero-order valence-corrected chi connectivity index (χ0v) is 36.3. The first kappa shape index (κ1) is 46.7. The number of amides is 2. The van der Waals surface area contributed by atoms with E-state index >= 15 is 0 Å². The van der Waals surface area contributed by atoms with Gasteiger partial charge >= 0.3 is 5.97 Å². The lowest BCUT2D eigenvalue weighted by molar-refractivity contribution is -0.159. The SMILES string of the molecule is Cc1ccc(S(=O)(=O)OCCCC[C@H](NC(=O)[C@H](CCc2ccc(F)cc2)CC(=O)[C@H](Cc2cccc(OCc3ccccc3)c2)N2CCCC2=O)C(=O)OC(C)(C)C)cc1. The lowest BCUT2D eigenvalue weighted by atomic mass is 9.89. The van der Waals surface area contributed by atoms with Gasteiger partial charge in [-0.1, -0.05) is 72.3 Å². The minimum Gasteiger partial charge on any atom is -0.489 e. The number of benzene rings is 4. The van der Waals surface area contributed by atoms with Crippen LogP contribution in [0.4, 0.5) is 4.39 Å². The lowest BCUT2D eigenvalue weighted by Gasteiger charge is -2.29. The van der Waals surface area contributed by atoms with Crippen molar-refractivity contribution in [1.29, 1.82) is 0 Å². The number of likely N-dealkylation sites (tertiary alicyclic amines) is 1. The Bertz CT molecular complexity index is 2190. The van der Waals surface area contributed by atoms with E-state index in [0.29, 0.717) is 44.6 Å².